The number of halogens is 3. The highest BCUT2D eigenvalue weighted by molar-refractivity contribution is 9.10. The van der Waals surface area contributed by atoms with E-state index >= 15 is 0 Å². The van der Waals surface area contributed by atoms with Crippen molar-refractivity contribution in [3.63, 3.8) is 0 Å². The Hall–Kier alpha value is -7.89. The monoisotopic (exact) mass is 988 g/mol. The Balaban J connectivity index is 1.19. The van der Waals surface area contributed by atoms with Crippen LogP contribution in [-0.4, -0.2) is 12.9 Å². The molecule has 69 heavy (non-hydrogen) atoms. The van der Waals surface area contributed by atoms with E-state index in [9.17, 15) is 13.6 Å². The van der Waals surface area contributed by atoms with E-state index in [2.05, 4.69) is 15.9 Å². The number of carbonyl (C=O) groups is 1. The third-order valence-corrected chi connectivity index (χ3v) is 11.5. The van der Waals surface area contributed by atoms with Gasteiger partial charge in [0, 0.05) is 11.6 Å². The van der Waals surface area contributed by atoms with Crippen LogP contribution in [0.15, 0.2) is 193 Å². The van der Waals surface area contributed by atoms with Gasteiger partial charge in [-0.05, 0) is 110 Å². The maximum absolute atomic E-state index is 14.6. The number of hydrogen-bond donors (Lipinski definition) is 0. The van der Waals surface area contributed by atoms with Crippen LogP contribution < -0.4 is 33.2 Å². The largest absolute Gasteiger partial charge is 0.497 e. The summed E-state index contributed by atoms with van der Waals surface area (Å²) in [7, 11) is 1.60. The van der Waals surface area contributed by atoms with E-state index in [0.717, 1.165) is 27.8 Å². The molecule has 0 saturated carbocycles. The van der Waals surface area contributed by atoms with Crippen LogP contribution in [0.3, 0.4) is 0 Å². The van der Waals surface area contributed by atoms with Crippen LogP contribution in [0.5, 0.6) is 40.2 Å². The number of carbonyl (C=O) groups excluding carboxylic acids is 1. The SMILES string of the molecule is COc1ccc(COc2c(Br)c(OCc3ccc(F)cc3)cc(OCc3ccc(F)cc3)c2/C=C/C(=O)c2cc(OCc3ccccc3)c(OCc3ccccc3)c(OCc3ccccc3)c2)cc1. The Morgan fingerprint density at radius 3 is 1.28 bits per heavy atom. The van der Waals surface area contributed by atoms with E-state index in [4.69, 9.17) is 33.2 Å². The first-order valence-electron chi connectivity index (χ1n) is 22.1. The van der Waals surface area contributed by atoms with Crippen molar-refractivity contribution in [1.29, 1.82) is 0 Å². The molecule has 8 nitrogen and oxygen atoms in total. The van der Waals surface area contributed by atoms with Gasteiger partial charge in [0.25, 0.3) is 0 Å². The molecule has 0 aromatic heterocycles. The fourth-order valence-corrected chi connectivity index (χ4v) is 7.57. The molecular weight excluding hydrogens is 943 g/mol. The molecule has 0 aliphatic carbocycles. The quantitative estimate of drug-likeness (QED) is 0.0491. The molecule has 0 heterocycles. The highest BCUT2D eigenvalue weighted by atomic mass is 79.9. The molecule has 0 saturated heterocycles. The Kier molecular flexibility index (Phi) is 16.4. The molecule has 0 aliphatic heterocycles. The van der Waals surface area contributed by atoms with Crippen LogP contribution in [-0.2, 0) is 39.6 Å². The molecule has 0 spiro atoms. The predicted molar refractivity (Wildman–Crippen MR) is 265 cm³/mol. The highest BCUT2D eigenvalue weighted by Gasteiger charge is 2.23. The molecule has 0 unspecified atom stereocenters. The Morgan fingerprint density at radius 1 is 0.449 bits per heavy atom. The molecule has 0 radical (unpaired) electrons. The summed E-state index contributed by atoms with van der Waals surface area (Å²) in [6.07, 6.45) is 3.04. The van der Waals surface area contributed by atoms with Gasteiger partial charge in [0.2, 0.25) is 5.75 Å². The molecule has 8 rings (SSSR count). The fourth-order valence-electron chi connectivity index (χ4n) is 7.02. The molecule has 0 bridgehead atoms. The molecule has 0 amide bonds. The van der Waals surface area contributed by atoms with Crippen molar-refractivity contribution in [3.8, 4) is 40.2 Å². The summed E-state index contributed by atoms with van der Waals surface area (Å²) in [4.78, 5) is 14.6. The van der Waals surface area contributed by atoms with E-state index < -0.39 is 5.78 Å². The van der Waals surface area contributed by atoms with Crippen molar-refractivity contribution >= 4 is 27.8 Å². The number of allylic oxidation sites excluding steroid dienone is 1. The van der Waals surface area contributed by atoms with Gasteiger partial charge in [0.1, 0.15) is 78.7 Å². The van der Waals surface area contributed by atoms with Crippen LogP contribution >= 0.6 is 15.9 Å². The molecule has 8 aromatic rings. The lowest BCUT2D eigenvalue weighted by molar-refractivity contribution is 0.104. The van der Waals surface area contributed by atoms with Crippen LogP contribution in [0, 0.1) is 11.6 Å². The number of ether oxygens (including phenoxy) is 7. The van der Waals surface area contributed by atoms with Crippen molar-refractivity contribution in [2.75, 3.05) is 7.11 Å². The molecule has 11 heteroatoms. The first-order valence-corrected chi connectivity index (χ1v) is 22.8. The second kappa shape index (κ2) is 23.7. The summed E-state index contributed by atoms with van der Waals surface area (Å²) in [5, 5.41) is 0. The first kappa shape index (κ1) is 47.6. The van der Waals surface area contributed by atoms with Crippen molar-refractivity contribution in [2.24, 2.45) is 0 Å². The Bertz CT molecular complexity index is 2890. The number of rotatable bonds is 22. The Labute approximate surface area is 408 Å². The zero-order valence-corrected chi connectivity index (χ0v) is 39.2. The van der Waals surface area contributed by atoms with Gasteiger partial charge in [-0.25, -0.2) is 8.78 Å². The lowest BCUT2D eigenvalue weighted by Gasteiger charge is -2.20. The zero-order valence-electron chi connectivity index (χ0n) is 37.6. The van der Waals surface area contributed by atoms with Crippen LogP contribution in [0.1, 0.15) is 49.3 Å². The lowest BCUT2D eigenvalue weighted by atomic mass is 10.1. The maximum Gasteiger partial charge on any atom is 0.203 e. The van der Waals surface area contributed by atoms with E-state index in [1.54, 1.807) is 55.7 Å². The maximum atomic E-state index is 14.6. The second-order valence-corrected chi connectivity index (χ2v) is 16.5. The summed E-state index contributed by atoms with van der Waals surface area (Å²) in [6, 6.07) is 53.5. The van der Waals surface area contributed by atoms with Crippen LogP contribution in [0.2, 0.25) is 0 Å². The summed E-state index contributed by atoms with van der Waals surface area (Å²) in [5.41, 5.74) is 5.69. The first-order chi connectivity index (χ1) is 33.8. The average Bonchev–Trinajstić information content (AvgIpc) is 3.39. The Morgan fingerprint density at radius 2 is 0.826 bits per heavy atom. The molecule has 0 fully saturated rings. The number of methoxy groups -OCH3 is 1. The minimum atomic E-state index is -0.392. The molecule has 0 N–H and O–H groups in total. The van der Waals surface area contributed by atoms with Crippen molar-refractivity contribution in [2.45, 2.75) is 39.6 Å². The summed E-state index contributed by atoms with van der Waals surface area (Å²) in [6.45, 7) is 0.862. The van der Waals surface area contributed by atoms with Gasteiger partial charge in [-0.2, -0.15) is 0 Å². The van der Waals surface area contributed by atoms with E-state index in [-0.39, 0.29) is 56.8 Å². The standard InChI is InChI=1S/C58H47BrF2O8/c1-63-49-27-21-45(22-28-49)39-68-57-50(52(64-36-43-17-23-47(60)24-18-43)33-53(56(57)59)65-37-44-19-25-48(61)26-20-44)29-30-51(62)46-31-54(66-34-40-11-5-2-6-12-40)58(69-38-42-15-9-4-10-16-42)55(32-46)67-35-41-13-7-3-8-14-41/h2-33H,34-39H2,1H3/b30-29+. The zero-order chi connectivity index (χ0) is 47.8. The molecule has 0 aliphatic rings. The van der Waals surface area contributed by atoms with Crippen molar-refractivity contribution in [1.82, 2.24) is 0 Å². The third kappa shape index (κ3) is 13.4. The molecule has 8 aromatic carbocycles. The highest BCUT2D eigenvalue weighted by Crippen LogP contribution is 2.46. The minimum Gasteiger partial charge on any atom is -0.497 e. The van der Waals surface area contributed by atoms with Gasteiger partial charge in [0.05, 0.1) is 12.7 Å². The van der Waals surface area contributed by atoms with Crippen molar-refractivity contribution in [3.05, 3.63) is 249 Å². The van der Waals surface area contributed by atoms with Gasteiger partial charge in [-0.15, -0.1) is 0 Å². The van der Waals surface area contributed by atoms with Crippen LogP contribution in [0.25, 0.3) is 6.08 Å². The van der Waals surface area contributed by atoms with Gasteiger partial charge < -0.3 is 33.2 Å². The predicted octanol–water partition coefficient (Wildman–Crippen LogP) is 14.1. The third-order valence-electron chi connectivity index (χ3n) is 10.8. The van der Waals surface area contributed by atoms with Crippen molar-refractivity contribution < 1.29 is 46.7 Å². The molecular formula is C58H47BrF2O8. The molecule has 0 atom stereocenters. The smallest absolute Gasteiger partial charge is 0.203 e. The lowest BCUT2D eigenvalue weighted by Crippen LogP contribution is -2.07. The van der Waals surface area contributed by atoms with E-state index in [1.165, 1.54) is 30.3 Å². The van der Waals surface area contributed by atoms with Gasteiger partial charge >= 0.3 is 0 Å². The molecule has 348 valence electrons. The fraction of sp³-hybridized carbons (Fsp3) is 0.121. The topological polar surface area (TPSA) is 81.7 Å². The van der Waals surface area contributed by atoms with Gasteiger partial charge in [-0.3, -0.25) is 4.79 Å². The second-order valence-electron chi connectivity index (χ2n) is 15.7. The summed E-state index contributed by atoms with van der Waals surface area (Å²) >= 11 is 3.74. The van der Waals surface area contributed by atoms with E-state index in [1.807, 2.05) is 115 Å². The van der Waals surface area contributed by atoms with Gasteiger partial charge in [-0.1, -0.05) is 127 Å². The number of benzene rings is 8. The average molecular weight is 990 g/mol. The van der Waals surface area contributed by atoms with Gasteiger partial charge in [0.15, 0.2) is 17.3 Å². The number of hydrogen-bond acceptors (Lipinski definition) is 8. The van der Waals surface area contributed by atoms with Crippen LogP contribution in [0.4, 0.5) is 8.78 Å². The minimum absolute atomic E-state index is 0.0424. The number of ketones is 1. The normalized spacial score (nSPS) is 11.0. The summed E-state index contributed by atoms with van der Waals surface area (Å²) in [5.74, 6) is 1.49. The van der Waals surface area contributed by atoms with E-state index in [0.29, 0.717) is 55.8 Å². The summed E-state index contributed by atoms with van der Waals surface area (Å²) < 4.78 is 72.3.